The molecule has 0 aliphatic heterocycles. The number of aromatic nitrogens is 2. The maximum absolute atomic E-state index is 6.22. The van der Waals surface area contributed by atoms with Gasteiger partial charge in [0.05, 0.1) is 6.04 Å². The second-order valence-electron chi connectivity index (χ2n) is 6.72. The normalized spacial score (nSPS) is 43.3. The van der Waals surface area contributed by atoms with E-state index in [1.807, 2.05) is 0 Å². The lowest BCUT2D eigenvalue weighted by molar-refractivity contribution is -0.0429. The Morgan fingerprint density at radius 1 is 1.17 bits per heavy atom. The molecule has 1 atom stereocenters. The highest BCUT2D eigenvalue weighted by Crippen LogP contribution is 2.57. The summed E-state index contributed by atoms with van der Waals surface area (Å²) < 4.78 is 5.10. The molecular weight excluding hydrogens is 226 g/mol. The van der Waals surface area contributed by atoms with Crippen molar-refractivity contribution in [3.8, 4) is 0 Å². The van der Waals surface area contributed by atoms with E-state index in [0.29, 0.717) is 5.89 Å². The number of nitrogens with zero attached hydrogens (tertiary/aromatic N) is 2. The van der Waals surface area contributed by atoms with Crippen molar-refractivity contribution in [3.63, 3.8) is 0 Å². The van der Waals surface area contributed by atoms with Crippen molar-refractivity contribution in [3.05, 3.63) is 12.2 Å². The molecule has 5 rings (SSSR count). The van der Waals surface area contributed by atoms with Crippen LogP contribution in [0.15, 0.2) is 10.9 Å². The maximum Gasteiger partial charge on any atom is 0.243 e. The molecule has 1 aromatic rings. The van der Waals surface area contributed by atoms with Crippen LogP contribution in [0.2, 0.25) is 0 Å². The molecule has 0 radical (unpaired) electrons. The van der Waals surface area contributed by atoms with Crippen molar-refractivity contribution >= 4 is 0 Å². The van der Waals surface area contributed by atoms with E-state index in [1.165, 1.54) is 38.4 Å². The summed E-state index contributed by atoms with van der Waals surface area (Å²) in [6.45, 7) is 0. The molecule has 18 heavy (non-hydrogen) atoms. The standard InChI is InChI=1S/C14H21N3O/c15-13(14-16-7-17-18-14)6-12-10-2-8-1-9(4-10)5-11(12)3-8/h7-13H,1-6,15H2. The molecule has 1 aromatic heterocycles. The molecular formula is C14H21N3O. The fourth-order valence-electron chi connectivity index (χ4n) is 5.16. The van der Waals surface area contributed by atoms with Crippen LogP contribution < -0.4 is 5.73 Å². The van der Waals surface area contributed by atoms with Gasteiger partial charge in [-0.15, -0.1) is 0 Å². The quantitative estimate of drug-likeness (QED) is 0.891. The third-order valence-corrected chi connectivity index (χ3v) is 5.64. The zero-order valence-electron chi connectivity index (χ0n) is 10.7. The Morgan fingerprint density at radius 2 is 1.83 bits per heavy atom. The molecule has 4 aliphatic carbocycles. The smallest absolute Gasteiger partial charge is 0.243 e. The first kappa shape index (κ1) is 11.0. The average molecular weight is 247 g/mol. The zero-order valence-corrected chi connectivity index (χ0v) is 10.7. The summed E-state index contributed by atoms with van der Waals surface area (Å²) in [6.07, 6.45) is 9.81. The second kappa shape index (κ2) is 4.05. The van der Waals surface area contributed by atoms with E-state index >= 15 is 0 Å². The fraction of sp³-hybridized carbons (Fsp3) is 0.857. The van der Waals surface area contributed by atoms with Crippen LogP contribution in [0.3, 0.4) is 0 Å². The van der Waals surface area contributed by atoms with Gasteiger partial charge in [0.1, 0.15) is 0 Å². The van der Waals surface area contributed by atoms with Gasteiger partial charge in [0.15, 0.2) is 6.33 Å². The summed E-state index contributed by atoms with van der Waals surface area (Å²) in [5.74, 6) is 5.33. The Morgan fingerprint density at radius 3 is 2.39 bits per heavy atom. The van der Waals surface area contributed by atoms with Crippen molar-refractivity contribution in [2.75, 3.05) is 0 Å². The number of nitrogens with two attached hydrogens (primary N) is 1. The lowest BCUT2D eigenvalue weighted by atomic mass is 9.51. The van der Waals surface area contributed by atoms with Crippen molar-refractivity contribution in [2.45, 2.75) is 44.6 Å². The van der Waals surface area contributed by atoms with Crippen LogP contribution in [-0.4, -0.2) is 10.1 Å². The van der Waals surface area contributed by atoms with Crippen LogP contribution in [0.4, 0.5) is 0 Å². The zero-order chi connectivity index (χ0) is 12.1. The molecule has 0 spiro atoms. The molecule has 4 aliphatic rings. The van der Waals surface area contributed by atoms with Crippen molar-refractivity contribution < 1.29 is 4.52 Å². The van der Waals surface area contributed by atoms with Gasteiger partial charge in [-0.25, -0.2) is 0 Å². The Balaban J connectivity index is 1.49. The van der Waals surface area contributed by atoms with Crippen LogP contribution in [-0.2, 0) is 0 Å². The van der Waals surface area contributed by atoms with Gasteiger partial charge in [-0.05, 0) is 68.1 Å². The van der Waals surface area contributed by atoms with Crippen molar-refractivity contribution in [2.24, 2.45) is 35.3 Å². The van der Waals surface area contributed by atoms with E-state index in [2.05, 4.69) is 10.1 Å². The highest BCUT2D eigenvalue weighted by molar-refractivity contribution is 5.00. The van der Waals surface area contributed by atoms with Crippen molar-refractivity contribution in [1.82, 2.24) is 10.1 Å². The van der Waals surface area contributed by atoms with E-state index in [4.69, 9.17) is 10.3 Å². The summed E-state index contributed by atoms with van der Waals surface area (Å²) in [5, 5.41) is 3.66. The van der Waals surface area contributed by atoms with E-state index < -0.39 is 0 Å². The van der Waals surface area contributed by atoms with Gasteiger partial charge in [-0.1, -0.05) is 5.16 Å². The Labute approximate surface area is 107 Å². The molecule has 0 aromatic carbocycles. The molecule has 4 heteroatoms. The van der Waals surface area contributed by atoms with E-state index in [9.17, 15) is 0 Å². The predicted octanol–water partition coefficient (Wildman–Crippen LogP) is 2.53. The van der Waals surface area contributed by atoms with Gasteiger partial charge in [0.25, 0.3) is 0 Å². The lowest BCUT2D eigenvalue weighted by Gasteiger charge is -2.55. The van der Waals surface area contributed by atoms with E-state index in [-0.39, 0.29) is 6.04 Å². The van der Waals surface area contributed by atoms with Gasteiger partial charge >= 0.3 is 0 Å². The third kappa shape index (κ3) is 1.69. The predicted molar refractivity (Wildman–Crippen MR) is 66.4 cm³/mol. The Bertz CT molecular complexity index is 389. The highest BCUT2D eigenvalue weighted by Gasteiger charge is 2.48. The molecule has 2 N–H and O–H groups in total. The molecule has 4 nitrogen and oxygen atoms in total. The fourth-order valence-corrected chi connectivity index (χ4v) is 5.16. The van der Waals surface area contributed by atoms with E-state index in [1.54, 1.807) is 0 Å². The molecule has 98 valence electrons. The maximum atomic E-state index is 6.22. The lowest BCUT2D eigenvalue weighted by Crippen LogP contribution is -2.45. The molecule has 4 bridgehead atoms. The number of hydrogen-bond donors (Lipinski definition) is 1. The van der Waals surface area contributed by atoms with Gasteiger partial charge < -0.3 is 10.3 Å². The minimum atomic E-state index is -0.0602. The minimum Gasteiger partial charge on any atom is -0.338 e. The Kier molecular flexibility index (Phi) is 2.47. The molecule has 1 heterocycles. The largest absolute Gasteiger partial charge is 0.338 e. The summed E-state index contributed by atoms with van der Waals surface area (Å²) in [4.78, 5) is 4.10. The third-order valence-electron chi connectivity index (χ3n) is 5.64. The first-order valence-electron chi connectivity index (χ1n) is 7.31. The summed E-state index contributed by atoms with van der Waals surface area (Å²) in [5.41, 5.74) is 6.22. The molecule has 4 fully saturated rings. The number of hydrogen-bond acceptors (Lipinski definition) is 4. The van der Waals surface area contributed by atoms with Gasteiger partial charge in [0.2, 0.25) is 5.89 Å². The monoisotopic (exact) mass is 247 g/mol. The van der Waals surface area contributed by atoms with Gasteiger partial charge in [-0.3, -0.25) is 0 Å². The first-order chi connectivity index (χ1) is 8.79. The molecule has 0 saturated heterocycles. The van der Waals surface area contributed by atoms with Crippen molar-refractivity contribution in [1.29, 1.82) is 0 Å². The summed E-state index contributed by atoms with van der Waals surface area (Å²) in [6, 6.07) is -0.0602. The van der Waals surface area contributed by atoms with Crippen LogP contribution in [0.5, 0.6) is 0 Å². The molecule has 0 amide bonds. The second-order valence-corrected chi connectivity index (χ2v) is 6.72. The highest BCUT2D eigenvalue weighted by atomic mass is 16.5. The first-order valence-corrected chi connectivity index (χ1v) is 7.31. The summed E-state index contributed by atoms with van der Waals surface area (Å²) in [7, 11) is 0. The molecule has 4 saturated carbocycles. The van der Waals surface area contributed by atoms with Crippen LogP contribution in [0, 0.1) is 29.6 Å². The van der Waals surface area contributed by atoms with Gasteiger partial charge in [-0.2, -0.15) is 4.98 Å². The van der Waals surface area contributed by atoms with Crippen LogP contribution in [0.1, 0.15) is 50.5 Å². The van der Waals surface area contributed by atoms with Crippen LogP contribution >= 0.6 is 0 Å². The SMILES string of the molecule is NC(CC1C2CC3CC(C2)CC1C3)c1ncno1. The average Bonchev–Trinajstić information content (AvgIpc) is 2.86. The topological polar surface area (TPSA) is 64.9 Å². The van der Waals surface area contributed by atoms with Crippen LogP contribution in [0.25, 0.3) is 0 Å². The van der Waals surface area contributed by atoms with Gasteiger partial charge in [0, 0.05) is 0 Å². The molecule has 1 unspecified atom stereocenters. The van der Waals surface area contributed by atoms with E-state index in [0.717, 1.165) is 36.0 Å². The summed E-state index contributed by atoms with van der Waals surface area (Å²) >= 11 is 0. The number of rotatable bonds is 3. The minimum absolute atomic E-state index is 0.0602. The Hall–Kier alpha value is -0.900.